The number of ketones is 1. The van der Waals surface area contributed by atoms with Gasteiger partial charge in [0.2, 0.25) is 0 Å². The van der Waals surface area contributed by atoms with Crippen molar-refractivity contribution in [3.05, 3.63) is 58.7 Å². The van der Waals surface area contributed by atoms with Crippen LogP contribution in [0.3, 0.4) is 0 Å². The van der Waals surface area contributed by atoms with Crippen LogP contribution in [0.5, 0.6) is 0 Å². The highest BCUT2D eigenvalue weighted by Gasteiger charge is 2.16. The van der Waals surface area contributed by atoms with Crippen LogP contribution in [0.25, 0.3) is 10.9 Å². The van der Waals surface area contributed by atoms with Gasteiger partial charge in [0, 0.05) is 39.6 Å². The fraction of sp³-hybridized carbons (Fsp3) is 0. The van der Waals surface area contributed by atoms with Crippen LogP contribution in [-0.4, -0.2) is 10.8 Å². The maximum absolute atomic E-state index is 12.6. The Kier molecular flexibility index (Phi) is 2.88. The van der Waals surface area contributed by atoms with Crippen molar-refractivity contribution < 1.29 is 4.79 Å². The molecule has 4 nitrogen and oxygen atoms in total. The fourth-order valence-corrected chi connectivity index (χ4v) is 2.56. The molecule has 20 heavy (non-hydrogen) atoms. The number of rotatable bonds is 2. The van der Waals surface area contributed by atoms with Gasteiger partial charge in [0.1, 0.15) is 0 Å². The summed E-state index contributed by atoms with van der Waals surface area (Å²) < 4.78 is 0. The SMILES string of the molecule is Nc1cc(N)cc(C(=O)c2c[nH]c3cccc(Cl)c23)c1. The largest absolute Gasteiger partial charge is 0.399 e. The van der Waals surface area contributed by atoms with Crippen LogP contribution in [0.15, 0.2) is 42.6 Å². The minimum atomic E-state index is -0.164. The molecule has 0 unspecified atom stereocenters. The van der Waals surface area contributed by atoms with E-state index < -0.39 is 0 Å². The first-order valence-electron chi connectivity index (χ1n) is 6.02. The molecule has 0 saturated heterocycles. The van der Waals surface area contributed by atoms with E-state index in [0.717, 1.165) is 5.52 Å². The number of nitrogen functional groups attached to an aromatic ring is 2. The number of H-pyrrole nitrogens is 1. The molecule has 3 aromatic rings. The van der Waals surface area contributed by atoms with Gasteiger partial charge >= 0.3 is 0 Å². The average Bonchev–Trinajstić information content (AvgIpc) is 2.82. The van der Waals surface area contributed by atoms with Crippen LogP contribution >= 0.6 is 11.6 Å². The van der Waals surface area contributed by atoms with E-state index in [1.54, 1.807) is 30.5 Å². The predicted octanol–water partition coefficient (Wildman–Crippen LogP) is 3.22. The number of carbonyl (C=O) groups excluding carboxylic acids is 1. The van der Waals surface area contributed by atoms with Crippen LogP contribution in [0.1, 0.15) is 15.9 Å². The number of nitrogens with two attached hydrogens (primary N) is 2. The first-order valence-corrected chi connectivity index (χ1v) is 6.40. The third-order valence-electron chi connectivity index (χ3n) is 3.14. The molecule has 2 aromatic carbocycles. The summed E-state index contributed by atoms with van der Waals surface area (Å²) in [6.07, 6.45) is 1.65. The Hall–Kier alpha value is -2.46. The molecule has 5 heteroatoms. The van der Waals surface area contributed by atoms with Crippen molar-refractivity contribution in [3.63, 3.8) is 0 Å². The Morgan fingerprint density at radius 2 is 1.80 bits per heavy atom. The highest BCUT2D eigenvalue weighted by molar-refractivity contribution is 6.37. The van der Waals surface area contributed by atoms with Gasteiger partial charge in [-0.2, -0.15) is 0 Å². The van der Waals surface area contributed by atoms with E-state index in [4.69, 9.17) is 23.1 Å². The average molecular weight is 286 g/mol. The highest BCUT2D eigenvalue weighted by atomic mass is 35.5. The van der Waals surface area contributed by atoms with Crippen molar-refractivity contribution in [3.8, 4) is 0 Å². The summed E-state index contributed by atoms with van der Waals surface area (Å²) in [5.41, 5.74) is 14.1. The van der Waals surface area contributed by atoms with Gasteiger partial charge in [-0.15, -0.1) is 0 Å². The summed E-state index contributed by atoms with van der Waals surface area (Å²) >= 11 is 6.18. The lowest BCUT2D eigenvalue weighted by Gasteiger charge is -2.04. The summed E-state index contributed by atoms with van der Waals surface area (Å²) in [5.74, 6) is -0.164. The van der Waals surface area contributed by atoms with E-state index in [2.05, 4.69) is 4.98 Å². The van der Waals surface area contributed by atoms with Gasteiger partial charge in [0.25, 0.3) is 0 Å². The van der Waals surface area contributed by atoms with Gasteiger partial charge in [-0.3, -0.25) is 4.79 Å². The number of nitrogens with one attached hydrogen (secondary N) is 1. The Balaban J connectivity index is 2.18. The van der Waals surface area contributed by atoms with Crippen LogP contribution in [0.2, 0.25) is 5.02 Å². The van der Waals surface area contributed by atoms with Crippen LogP contribution in [0.4, 0.5) is 11.4 Å². The predicted molar refractivity (Wildman–Crippen MR) is 82.0 cm³/mol. The van der Waals surface area contributed by atoms with Gasteiger partial charge in [-0.05, 0) is 30.3 Å². The normalized spacial score (nSPS) is 10.8. The zero-order chi connectivity index (χ0) is 14.3. The molecule has 1 heterocycles. The third-order valence-corrected chi connectivity index (χ3v) is 3.45. The second-order valence-corrected chi connectivity index (χ2v) is 4.99. The number of aromatic amines is 1. The van der Waals surface area contributed by atoms with E-state index in [1.165, 1.54) is 0 Å². The smallest absolute Gasteiger partial charge is 0.195 e. The van der Waals surface area contributed by atoms with Crippen molar-refractivity contribution in [2.45, 2.75) is 0 Å². The lowest BCUT2D eigenvalue weighted by molar-refractivity contribution is 0.104. The molecule has 0 bridgehead atoms. The minimum Gasteiger partial charge on any atom is -0.399 e. The molecule has 0 spiro atoms. The number of carbonyl (C=O) groups is 1. The first-order chi connectivity index (χ1) is 9.56. The number of halogens is 1. The molecule has 3 rings (SSSR count). The quantitative estimate of drug-likeness (QED) is 0.499. The van der Waals surface area contributed by atoms with Gasteiger partial charge in [-0.1, -0.05) is 17.7 Å². The molecule has 0 saturated carbocycles. The van der Waals surface area contributed by atoms with Crippen LogP contribution in [0, 0.1) is 0 Å². The molecule has 0 aliphatic rings. The maximum Gasteiger partial charge on any atom is 0.195 e. The summed E-state index contributed by atoms with van der Waals surface area (Å²) in [6, 6.07) is 10.3. The van der Waals surface area contributed by atoms with Crippen molar-refractivity contribution in [2.24, 2.45) is 0 Å². The summed E-state index contributed by atoms with van der Waals surface area (Å²) in [5, 5.41) is 1.24. The highest BCUT2D eigenvalue weighted by Crippen LogP contribution is 2.28. The monoisotopic (exact) mass is 285 g/mol. The van der Waals surface area contributed by atoms with Crippen LogP contribution in [-0.2, 0) is 0 Å². The van der Waals surface area contributed by atoms with Crippen molar-refractivity contribution in [2.75, 3.05) is 11.5 Å². The van der Waals surface area contributed by atoms with Gasteiger partial charge in [-0.25, -0.2) is 0 Å². The number of hydrogen-bond acceptors (Lipinski definition) is 3. The Labute approximate surface area is 120 Å². The molecule has 5 N–H and O–H groups in total. The fourth-order valence-electron chi connectivity index (χ4n) is 2.28. The second kappa shape index (κ2) is 4.58. The first kappa shape index (κ1) is 12.6. The van der Waals surface area contributed by atoms with Gasteiger partial charge < -0.3 is 16.5 Å². The van der Waals surface area contributed by atoms with Crippen molar-refractivity contribution in [1.82, 2.24) is 4.98 Å². The molecule has 1 aromatic heterocycles. The topological polar surface area (TPSA) is 84.9 Å². The third kappa shape index (κ3) is 2.00. The van der Waals surface area contributed by atoms with E-state index >= 15 is 0 Å². The summed E-state index contributed by atoms with van der Waals surface area (Å²) in [4.78, 5) is 15.6. The number of fused-ring (bicyclic) bond motifs is 1. The zero-order valence-electron chi connectivity index (χ0n) is 10.5. The Bertz CT molecular complexity index is 803. The molecule has 0 radical (unpaired) electrons. The van der Waals surface area contributed by atoms with Gasteiger partial charge in [0.05, 0.1) is 5.02 Å². The van der Waals surface area contributed by atoms with Gasteiger partial charge in [0.15, 0.2) is 5.78 Å². The number of anilines is 2. The molecule has 0 aliphatic carbocycles. The molecule has 0 amide bonds. The number of hydrogen-bond donors (Lipinski definition) is 3. The lowest BCUT2D eigenvalue weighted by Crippen LogP contribution is -2.03. The van der Waals surface area contributed by atoms with Crippen LogP contribution < -0.4 is 11.5 Å². The molecule has 0 aliphatic heterocycles. The zero-order valence-corrected chi connectivity index (χ0v) is 11.2. The Morgan fingerprint density at radius 1 is 1.10 bits per heavy atom. The minimum absolute atomic E-state index is 0.164. The molecule has 0 fully saturated rings. The van der Waals surface area contributed by atoms with E-state index in [9.17, 15) is 4.79 Å². The molecular formula is C15H12ClN3O. The number of aromatic nitrogens is 1. The van der Waals surface area contributed by atoms with Crippen molar-refractivity contribution in [1.29, 1.82) is 0 Å². The van der Waals surface area contributed by atoms with E-state index in [-0.39, 0.29) is 5.78 Å². The molecular weight excluding hydrogens is 274 g/mol. The summed E-state index contributed by atoms with van der Waals surface area (Å²) in [7, 11) is 0. The Morgan fingerprint density at radius 3 is 2.50 bits per heavy atom. The van der Waals surface area contributed by atoms with E-state index in [1.807, 2.05) is 12.1 Å². The maximum atomic E-state index is 12.6. The molecule has 0 atom stereocenters. The second-order valence-electron chi connectivity index (χ2n) is 4.58. The summed E-state index contributed by atoms with van der Waals surface area (Å²) in [6.45, 7) is 0. The van der Waals surface area contributed by atoms with E-state index in [0.29, 0.717) is 32.9 Å². The number of benzene rings is 2. The standard InChI is InChI=1S/C15H12ClN3O/c16-12-2-1-3-13-14(12)11(7-19-13)15(20)8-4-9(17)6-10(18)5-8/h1-7,19H,17-18H2. The lowest BCUT2D eigenvalue weighted by atomic mass is 10.0. The molecule has 100 valence electrons. The van der Waals surface area contributed by atoms with Crippen molar-refractivity contribution >= 4 is 39.7 Å².